The number of hydrogen-bond acceptors (Lipinski definition) is 4. The molecule has 1 aromatic carbocycles. The third-order valence-electron chi connectivity index (χ3n) is 4.65. The number of likely N-dealkylation sites (tertiary alicyclic amines) is 1. The van der Waals surface area contributed by atoms with Gasteiger partial charge in [0.05, 0.1) is 0 Å². The molecule has 7 heteroatoms. The summed E-state index contributed by atoms with van der Waals surface area (Å²) in [4.78, 5) is 39.5. The van der Waals surface area contributed by atoms with Crippen molar-refractivity contribution >= 4 is 5.91 Å². The minimum atomic E-state index is -0.585. The lowest BCUT2D eigenvalue weighted by molar-refractivity contribution is -0.121. The van der Waals surface area contributed by atoms with Crippen LogP contribution in [0.15, 0.2) is 46.1 Å². The van der Waals surface area contributed by atoms with E-state index in [1.54, 1.807) is 0 Å². The Hall–Kier alpha value is -2.67. The number of benzene rings is 1. The van der Waals surface area contributed by atoms with Gasteiger partial charge in [-0.25, -0.2) is 4.79 Å². The van der Waals surface area contributed by atoms with Gasteiger partial charge in [-0.15, -0.1) is 0 Å². The second-order valence-corrected chi connectivity index (χ2v) is 6.62. The Labute approximate surface area is 151 Å². The monoisotopic (exact) mass is 356 g/mol. The third kappa shape index (κ3) is 4.92. The molecule has 26 heavy (non-hydrogen) atoms. The summed E-state index contributed by atoms with van der Waals surface area (Å²) in [5.74, 6) is -0.271. The second-order valence-electron chi connectivity index (χ2n) is 6.62. The van der Waals surface area contributed by atoms with E-state index in [2.05, 4.69) is 21.3 Å². The molecule has 0 spiro atoms. The molecule has 3 rings (SSSR count). The van der Waals surface area contributed by atoms with Crippen LogP contribution < -0.4 is 16.6 Å². The average Bonchev–Trinajstić information content (AvgIpc) is 2.64. The van der Waals surface area contributed by atoms with Gasteiger partial charge < -0.3 is 5.32 Å². The molecule has 0 bridgehead atoms. The van der Waals surface area contributed by atoms with Crippen molar-refractivity contribution < 1.29 is 4.79 Å². The molecule has 7 nitrogen and oxygen atoms in total. The molecule has 2 N–H and O–H groups in total. The fourth-order valence-corrected chi connectivity index (χ4v) is 3.22. The van der Waals surface area contributed by atoms with Gasteiger partial charge in [0.2, 0.25) is 5.91 Å². The topological polar surface area (TPSA) is 87.2 Å². The highest BCUT2D eigenvalue weighted by atomic mass is 16.2. The predicted octanol–water partition coefficient (Wildman–Crippen LogP) is 0.839. The highest BCUT2D eigenvalue weighted by molar-refractivity contribution is 5.75. The minimum Gasteiger partial charge on any atom is -0.350 e. The molecule has 2 heterocycles. The van der Waals surface area contributed by atoms with E-state index >= 15 is 0 Å². The van der Waals surface area contributed by atoms with Gasteiger partial charge in [0.1, 0.15) is 6.54 Å². The molecular weight excluding hydrogens is 332 g/mol. The standard InChI is InChI=1S/C19H24N4O3/c24-17-8-11-23(19(26)21-17)14-18(25)20-12-15-6-2-3-7-16(15)13-22-9-4-1-5-10-22/h2-3,6-8,11H,1,4-5,9-10,12-14H2,(H,20,25)(H,21,24,26). The molecule has 0 atom stereocenters. The first kappa shape index (κ1) is 18.1. The highest BCUT2D eigenvalue weighted by Gasteiger charge is 2.13. The fourth-order valence-electron chi connectivity index (χ4n) is 3.22. The maximum Gasteiger partial charge on any atom is 0.328 e. The number of amides is 1. The van der Waals surface area contributed by atoms with E-state index < -0.39 is 11.2 Å². The first-order chi connectivity index (χ1) is 12.6. The summed E-state index contributed by atoms with van der Waals surface area (Å²) in [5.41, 5.74) is 1.24. The van der Waals surface area contributed by atoms with E-state index in [0.29, 0.717) is 6.54 Å². The third-order valence-corrected chi connectivity index (χ3v) is 4.65. The second kappa shape index (κ2) is 8.62. The van der Waals surface area contributed by atoms with Crippen molar-refractivity contribution in [3.8, 4) is 0 Å². The molecule has 1 saturated heterocycles. The quantitative estimate of drug-likeness (QED) is 0.803. The smallest absolute Gasteiger partial charge is 0.328 e. The van der Waals surface area contributed by atoms with Crippen molar-refractivity contribution in [1.82, 2.24) is 19.8 Å². The lowest BCUT2D eigenvalue weighted by Gasteiger charge is -2.27. The molecule has 1 fully saturated rings. The first-order valence-electron chi connectivity index (χ1n) is 8.97. The first-order valence-corrected chi connectivity index (χ1v) is 8.97. The predicted molar refractivity (Wildman–Crippen MR) is 98.7 cm³/mol. The number of carbonyl (C=O) groups excluding carboxylic acids is 1. The number of nitrogens with one attached hydrogen (secondary N) is 2. The summed E-state index contributed by atoms with van der Waals surface area (Å²) in [6.45, 7) is 3.43. The van der Waals surface area contributed by atoms with Crippen molar-refractivity contribution in [2.24, 2.45) is 0 Å². The summed E-state index contributed by atoms with van der Waals surface area (Å²) in [5, 5.41) is 2.86. The van der Waals surface area contributed by atoms with E-state index in [9.17, 15) is 14.4 Å². The number of hydrogen-bond donors (Lipinski definition) is 2. The summed E-state index contributed by atoms with van der Waals surface area (Å²) >= 11 is 0. The van der Waals surface area contributed by atoms with Crippen LogP contribution in [0.3, 0.4) is 0 Å². The van der Waals surface area contributed by atoms with Gasteiger partial charge >= 0.3 is 5.69 Å². The molecule has 0 unspecified atom stereocenters. The van der Waals surface area contributed by atoms with Crippen LogP contribution in [0, 0.1) is 0 Å². The van der Waals surface area contributed by atoms with Crippen LogP contribution >= 0.6 is 0 Å². The summed E-state index contributed by atoms with van der Waals surface area (Å²) in [6.07, 6.45) is 5.11. The van der Waals surface area contributed by atoms with E-state index in [4.69, 9.17) is 0 Å². The van der Waals surface area contributed by atoms with Crippen LogP contribution in [0.5, 0.6) is 0 Å². The fraction of sp³-hybridized carbons (Fsp3) is 0.421. The summed E-state index contributed by atoms with van der Waals surface area (Å²) in [6, 6.07) is 9.33. The van der Waals surface area contributed by atoms with Gasteiger partial charge in [-0.3, -0.25) is 24.0 Å². The Morgan fingerprint density at radius 3 is 2.50 bits per heavy atom. The number of aromatic amines is 1. The van der Waals surface area contributed by atoms with Crippen molar-refractivity contribution in [2.45, 2.75) is 38.9 Å². The Morgan fingerprint density at radius 1 is 1.04 bits per heavy atom. The average molecular weight is 356 g/mol. The molecule has 1 aliphatic rings. The molecule has 1 aliphatic heterocycles. The molecule has 2 aromatic rings. The zero-order valence-electron chi connectivity index (χ0n) is 14.7. The van der Waals surface area contributed by atoms with Crippen molar-refractivity contribution in [2.75, 3.05) is 13.1 Å². The lowest BCUT2D eigenvalue weighted by Crippen LogP contribution is -2.35. The van der Waals surface area contributed by atoms with Crippen LogP contribution in [-0.2, 0) is 24.4 Å². The van der Waals surface area contributed by atoms with Crippen LogP contribution in [0.4, 0.5) is 0 Å². The van der Waals surface area contributed by atoms with Gasteiger partial charge in [-0.05, 0) is 37.1 Å². The summed E-state index contributed by atoms with van der Waals surface area (Å²) < 4.78 is 1.18. The van der Waals surface area contributed by atoms with Gasteiger partial charge in [0.15, 0.2) is 0 Å². The van der Waals surface area contributed by atoms with Crippen LogP contribution in [0.2, 0.25) is 0 Å². The largest absolute Gasteiger partial charge is 0.350 e. The number of nitrogens with zero attached hydrogens (tertiary/aromatic N) is 2. The van der Waals surface area contributed by atoms with Gasteiger partial charge in [0.25, 0.3) is 5.56 Å². The number of H-pyrrole nitrogens is 1. The Morgan fingerprint density at radius 2 is 1.77 bits per heavy atom. The maximum atomic E-state index is 12.2. The Bertz CT molecular complexity index is 865. The van der Waals surface area contributed by atoms with Gasteiger partial charge in [-0.1, -0.05) is 30.7 Å². The zero-order chi connectivity index (χ0) is 18.4. The Kier molecular flexibility index (Phi) is 6.01. The number of carbonyl (C=O) groups is 1. The number of piperidine rings is 1. The van der Waals surface area contributed by atoms with Crippen LogP contribution in [0.1, 0.15) is 30.4 Å². The van der Waals surface area contributed by atoms with E-state index in [-0.39, 0.29) is 12.5 Å². The van der Waals surface area contributed by atoms with E-state index in [1.165, 1.54) is 41.7 Å². The van der Waals surface area contributed by atoms with E-state index in [1.807, 2.05) is 18.2 Å². The highest BCUT2D eigenvalue weighted by Crippen LogP contribution is 2.16. The van der Waals surface area contributed by atoms with Crippen molar-refractivity contribution in [1.29, 1.82) is 0 Å². The number of aromatic nitrogens is 2. The normalized spacial score (nSPS) is 14.9. The van der Waals surface area contributed by atoms with Gasteiger partial charge in [-0.2, -0.15) is 0 Å². The number of rotatable bonds is 6. The van der Waals surface area contributed by atoms with Crippen molar-refractivity contribution in [3.63, 3.8) is 0 Å². The van der Waals surface area contributed by atoms with E-state index in [0.717, 1.165) is 25.2 Å². The summed E-state index contributed by atoms with van der Waals surface area (Å²) in [7, 11) is 0. The van der Waals surface area contributed by atoms with Crippen molar-refractivity contribution in [3.05, 3.63) is 68.5 Å². The molecule has 138 valence electrons. The SMILES string of the molecule is O=C(Cn1ccc(=O)[nH]c1=O)NCc1ccccc1CN1CCCCC1. The molecular formula is C19H24N4O3. The maximum absolute atomic E-state index is 12.2. The van der Waals surface area contributed by atoms with Gasteiger partial charge in [0, 0.05) is 25.4 Å². The molecule has 0 radical (unpaired) electrons. The molecule has 1 aromatic heterocycles. The Balaban J connectivity index is 1.59. The lowest BCUT2D eigenvalue weighted by atomic mass is 10.0. The minimum absolute atomic E-state index is 0.121. The molecule has 0 aliphatic carbocycles. The zero-order valence-corrected chi connectivity index (χ0v) is 14.7. The molecule has 0 saturated carbocycles. The van der Waals surface area contributed by atoms with Crippen LogP contribution in [0.25, 0.3) is 0 Å². The molecule has 1 amide bonds. The van der Waals surface area contributed by atoms with Crippen LogP contribution in [-0.4, -0.2) is 33.4 Å².